The Bertz CT molecular complexity index is 1420. The third-order valence-corrected chi connectivity index (χ3v) is 7.19. The highest BCUT2D eigenvalue weighted by Crippen LogP contribution is 2.43. The third-order valence-electron chi connectivity index (χ3n) is 7.19. The van der Waals surface area contributed by atoms with Crippen molar-refractivity contribution in [2.24, 2.45) is 0 Å². The third kappa shape index (κ3) is 3.75. The summed E-state index contributed by atoms with van der Waals surface area (Å²) in [6.07, 6.45) is 1.35. The van der Waals surface area contributed by atoms with Gasteiger partial charge in [0.2, 0.25) is 0 Å². The van der Waals surface area contributed by atoms with E-state index in [1.807, 2.05) is 12.1 Å². The molecule has 1 heterocycles. The summed E-state index contributed by atoms with van der Waals surface area (Å²) in [4.78, 5) is 39.1. The van der Waals surface area contributed by atoms with Crippen LogP contribution in [-0.4, -0.2) is 36.3 Å². The van der Waals surface area contributed by atoms with E-state index in [0.29, 0.717) is 40.7 Å². The van der Waals surface area contributed by atoms with Gasteiger partial charge in [-0.2, -0.15) is 5.26 Å². The first-order valence-electron chi connectivity index (χ1n) is 11.7. The molecule has 0 fully saturated rings. The number of carbonyl (C=O) groups excluding carboxylic acids is 3. The zero-order chi connectivity index (χ0) is 25.4. The second-order valence-corrected chi connectivity index (χ2v) is 9.12. The number of amides is 2. The first-order chi connectivity index (χ1) is 17.4. The van der Waals surface area contributed by atoms with Crippen LogP contribution in [0.5, 0.6) is 0 Å². The SMILES string of the molecule is COC(=O)Cc1ccc2c(c1)C(C#N)(CCN1C(=O)c3ccccc3C1=O)c1cc(F)ccc1CC2. The Morgan fingerprint density at radius 2 is 1.61 bits per heavy atom. The number of rotatable bonds is 5. The van der Waals surface area contributed by atoms with Crippen molar-refractivity contribution in [1.29, 1.82) is 5.26 Å². The summed E-state index contributed by atoms with van der Waals surface area (Å²) in [6, 6.07) is 19.0. The summed E-state index contributed by atoms with van der Waals surface area (Å²) in [5.41, 5.74) is 2.94. The van der Waals surface area contributed by atoms with Gasteiger partial charge in [0.1, 0.15) is 11.2 Å². The predicted molar refractivity (Wildman–Crippen MR) is 129 cm³/mol. The summed E-state index contributed by atoms with van der Waals surface area (Å²) < 4.78 is 19.3. The molecule has 0 radical (unpaired) electrons. The predicted octanol–water partition coefficient (Wildman–Crippen LogP) is 4.14. The van der Waals surface area contributed by atoms with E-state index in [2.05, 4.69) is 6.07 Å². The van der Waals surface area contributed by atoms with Crippen LogP contribution in [0.15, 0.2) is 60.7 Å². The monoisotopic (exact) mass is 482 g/mol. The lowest BCUT2D eigenvalue weighted by Crippen LogP contribution is -2.37. The summed E-state index contributed by atoms with van der Waals surface area (Å²) >= 11 is 0. The number of nitriles is 1. The van der Waals surface area contributed by atoms with E-state index >= 15 is 0 Å². The lowest BCUT2D eigenvalue weighted by Gasteiger charge is -2.31. The number of fused-ring (bicyclic) bond motifs is 3. The number of carbonyl (C=O) groups is 3. The van der Waals surface area contributed by atoms with E-state index in [-0.39, 0.29) is 19.4 Å². The molecule has 0 bridgehead atoms. The summed E-state index contributed by atoms with van der Waals surface area (Å²) in [6.45, 7) is -0.0173. The van der Waals surface area contributed by atoms with Gasteiger partial charge in [-0.1, -0.05) is 36.4 Å². The van der Waals surface area contributed by atoms with Crippen LogP contribution >= 0.6 is 0 Å². The van der Waals surface area contributed by atoms with Gasteiger partial charge in [-0.25, -0.2) is 4.39 Å². The van der Waals surface area contributed by atoms with Gasteiger partial charge in [0.15, 0.2) is 0 Å². The number of imide groups is 1. The van der Waals surface area contributed by atoms with Crippen molar-refractivity contribution in [3.8, 4) is 6.07 Å². The van der Waals surface area contributed by atoms with Crippen LogP contribution < -0.4 is 0 Å². The van der Waals surface area contributed by atoms with Gasteiger partial charge in [-0.15, -0.1) is 0 Å². The molecule has 3 aromatic rings. The molecule has 0 saturated carbocycles. The number of hydrogen-bond donors (Lipinski definition) is 0. The molecule has 0 aromatic heterocycles. The number of ether oxygens (including phenoxy) is 1. The summed E-state index contributed by atoms with van der Waals surface area (Å²) in [5, 5.41) is 10.7. The second kappa shape index (κ2) is 9.04. The van der Waals surface area contributed by atoms with Gasteiger partial charge in [0, 0.05) is 6.54 Å². The summed E-state index contributed by atoms with van der Waals surface area (Å²) in [7, 11) is 1.31. The fraction of sp³-hybridized carbons (Fsp3) is 0.241. The van der Waals surface area contributed by atoms with Crippen LogP contribution in [-0.2, 0) is 34.2 Å². The van der Waals surface area contributed by atoms with Crippen molar-refractivity contribution < 1.29 is 23.5 Å². The maximum absolute atomic E-state index is 14.5. The normalized spacial score (nSPS) is 18.1. The lowest BCUT2D eigenvalue weighted by molar-refractivity contribution is -0.139. The highest BCUT2D eigenvalue weighted by molar-refractivity contribution is 6.21. The molecule has 180 valence electrons. The molecular formula is C29H23FN2O4. The number of aryl methyl sites for hydroxylation is 2. The van der Waals surface area contributed by atoms with Gasteiger partial charge in [0.25, 0.3) is 11.8 Å². The van der Waals surface area contributed by atoms with Gasteiger partial charge in [-0.3, -0.25) is 19.3 Å². The molecule has 2 aliphatic rings. The van der Waals surface area contributed by atoms with Crippen LogP contribution in [0.25, 0.3) is 0 Å². The standard InChI is InChI=1S/C29H23FN2O4/c1-36-26(33)15-18-6-7-19-8-9-20-10-11-21(30)16-25(20)29(17-31,24(19)14-18)12-13-32-27(34)22-4-2-3-5-23(22)28(32)35/h2-7,10-11,14,16H,8-9,12-13,15H2,1H3. The van der Waals surface area contributed by atoms with Crippen molar-refractivity contribution in [3.63, 3.8) is 0 Å². The average Bonchev–Trinajstić information content (AvgIpc) is 3.05. The number of benzene rings is 3. The molecule has 7 heteroatoms. The van der Waals surface area contributed by atoms with Gasteiger partial charge >= 0.3 is 5.97 Å². The fourth-order valence-corrected chi connectivity index (χ4v) is 5.33. The van der Waals surface area contributed by atoms with Crippen LogP contribution in [0.3, 0.4) is 0 Å². The Kier molecular flexibility index (Phi) is 5.89. The number of methoxy groups -OCH3 is 1. The Balaban J connectivity index is 1.61. The largest absolute Gasteiger partial charge is 0.469 e. The number of halogens is 1. The maximum Gasteiger partial charge on any atom is 0.309 e. The van der Waals surface area contributed by atoms with Crippen LogP contribution in [0.1, 0.15) is 55.0 Å². The van der Waals surface area contributed by atoms with Crippen molar-refractivity contribution >= 4 is 17.8 Å². The molecule has 1 aliphatic heterocycles. The minimum Gasteiger partial charge on any atom is -0.469 e. The molecular weight excluding hydrogens is 459 g/mol. The maximum atomic E-state index is 14.5. The number of esters is 1. The van der Waals surface area contributed by atoms with Gasteiger partial charge in [0.05, 0.1) is 30.7 Å². The van der Waals surface area contributed by atoms with Crippen molar-refractivity contribution in [1.82, 2.24) is 4.90 Å². The highest BCUT2D eigenvalue weighted by Gasteiger charge is 2.43. The van der Waals surface area contributed by atoms with E-state index in [0.717, 1.165) is 16.0 Å². The molecule has 6 nitrogen and oxygen atoms in total. The minimum absolute atomic E-state index is 0.0173. The molecule has 1 unspecified atom stereocenters. The van der Waals surface area contributed by atoms with E-state index < -0.39 is 29.0 Å². The average molecular weight is 483 g/mol. The molecule has 0 spiro atoms. The molecule has 1 aliphatic carbocycles. The van der Waals surface area contributed by atoms with E-state index in [1.165, 1.54) is 19.2 Å². The van der Waals surface area contributed by atoms with Gasteiger partial charge < -0.3 is 4.74 Å². The smallest absolute Gasteiger partial charge is 0.309 e. The zero-order valence-corrected chi connectivity index (χ0v) is 19.7. The number of nitrogens with zero attached hydrogens (tertiary/aromatic N) is 2. The van der Waals surface area contributed by atoms with Gasteiger partial charge in [-0.05, 0) is 71.3 Å². The lowest BCUT2D eigenvalue weighted by atomic mass is 9.70. The zero-order valence-electron chi connectivity index (χ0n) is 19.7. The molecule has 1 atom stereocenters. The first-order valence-corrected chi connectivity index (χ1v) is 11.7. The molecule has 36 heavy (non-hydrogen) atoms. The van der Waals surface area contributed by atoms with Crippen molar-refractivity contribution in [2.75, 3.05) is 13.7 Å². The van der Waals surface area contributed by atoms with Crippen molar-refractivity contribution in [3.05, 3.63) is 105 Å². The fourth-order valence-electron chi connectivity index (χ4n) is 5.33. The topological polar surface area (TPSA) is 87.5 Å². The van der Waals surface area contributed by atoms with Crippen LogP contribution in [0, 0.1) is 17.1 Å². The molecule has 5 rings (SSSR count). The Morgan fingerprint density at radius 3 is 2.22 bits per heavy atom. The molecule has 3 aromatic carbocycles. The molecule has 0 N–H and O–H groups in total. The van der Waals surface area contributed by atoms with E-state index in [9.17, 15) is 24.0 Å². The van der Waals surface area contributed by atoms with E-state index in [4.69, 9.17) is 4.74 Å². The quantitative estimate of drug-likeness (QED) is 0.403. The van der Waals surface area contributed by atoms with Crippen LogP contribution in [0.4, 0.5) is 4.39 Å². The van der Waals surface area contributed by atoms with Crippen LogP contribution in [0.2, 0.25) is 0 Å². The van der Waals surface area contributed by atoms with E-state index in [1.54, 1.807) is 36.4 Å². The minimum atomic E-state index is -1.33. The number of hydrogen-bond acceptors (Lipinski definition) is 5. The first kappa shape index (κ1) is 23.4. The Labute approximate surface area is 207 Å². The Morgan fingerprint density at radius 1 is 1.00 bits per heavy atom. The Hall–Kier alpha value is -4.31. The highest BCUT2D eigenvalue weighted by atomic mass is 19.1. The molecule has 2 amide bonds. The van der Waals surface area contributed by atoms with Crippen molar-refractivity contribution in [2.45, 2.75) is 31.1 Å². The molecule has 0 saturated heterocycles. The second-order valence-electron chi connectivity index (χ2n) is 9.12. The summed E-state index contributed by atoms with van der Waals surface area (Å²) in [5.74, 6) is -1.69.